The molecule has 1 saturated heterocycles. The predicted octanol–water partition coefficient (Wildman–Crippen LogP) is 4.07. The number of hydrogen-bond acceptors (Lipinski definition) is 4. The lowest BCUT2D eigenvalue weighted by molar-refractivity contribution is 0.122. The monoisotopic (exact) mass is 348 g/mol. The van der Waals surface area contributed by atoms with Crippen molar-refractivity contribution in [2.45, 2.75) is 6.43 Å². The van der Waals surface area contributed by atoms with Crippen LogP contribution in [-0.4, -0.2) is 32.4 Å². The summed E-state index contributed by atoms with van der Waals surface area (Å²) in [6.45, 7) is 2.34. The van der Waals surface area contributed by atoms with Crippen LogP contribution >= 0.6 is 0 Å². The number of hydrogen-bond donors (Lipinski definition) is 1. The Labute approximate surface area is 144 Å². The fourth-order valence-corrected chi connectivity index (χ4v) is 2.60. The number of nitrogens with zero attached hydrogens (tertiary/aromatic N) is 1. The number of amides is 1. The molecule has 3 rings (SSSR count). The Balaban J connectivity index is 1.81. The van der Waals surface area contributed by atoms with Crippen LogP contribution in [-0.2, 0) is 4.74 Å². The maximum atomic E-state index is 13.0. The lowest BCUT2D eigenvalue weighted by atomic mass is 10.1. The average molecular weight is 348 g/mol. The Morgan fingerprint density at radius 2 is 1.84 bits per heavy atom. The van der Waals surface area contributed by atoms with Gasteiger partial charge in [0.05, 0.1) is 24.6 Å². The summed E-state index contributed by atoms with van der Waals surface area (Å²) in [6, 6.07) is 12.8. The molecular weight excluding hydrogens is 330 g/mol. The fourth-order valence-electron chi connectivity index (χ4n) is 2.60. The molecule has 1 N–H and O–H groups in total. The Morgan fingerprint density at radius 1 is 1.12 bits per heavy atom. The lowest BCUT2D eigenvalue weighted by Crippen LogP contribution is -2.37. The van der Waals surface area contributed by atoms with Crippen molar-refractivity contribution in [3.8, 4) is 5.75 Å². The number of rotatable bonds is 4. The van der Waals surface area contributed by atoms with Crippen LogP contribution in [0.5, 0.6) is 5.75 Å². The molecule has 0 saturated carbocycles. The van der Waals surface area contributed by atoms with Gasteiger partial charge in [-0.2, -0.15) is 0 Å². The van der Waals surface area contributed by atoms with Crippen molar-refractivity contribution in [2.75, 3.05) is 36.5 Å². The molecule has 0 radical (unpaired) electrons. The number of para-hydroxylation sites is 1. The molecule has 0 aliphatic carbocycles. The largest absolute Gasteiger partial charge is 0.417 e. The summed E-state index contributed by atoms with van der Waals surface area (Å²) < 4.78 is 36.5. The van der Waals surface area contributed by atoms with Gasteiger partial charge in [-0.25, -0.2) is 13.6 Å². The van der Waals surface area contributed by atoms with Crippen LogP contribution in [0.2, 0.25) is 0 Å². The number of anilines is 2. The van der Waals surface area contributed by atoms with Crippen molar-refractivity contribution in [3.05, 3.63) is 54.1 Å². The highest BCUT2D eigenvalue weighted by atomic mass is 19.3. The van der Waals surface area contributed by atoms with E-state index in [9.17, 15) is 13.6 Å². The summed E-state index contributed by atoms with van der Waals surface area (Å²) in [5.74, 6) is 0.373. The molecule has 0 unspecified atom stereocenters. The standard InChI is InChI=1S/C18H18F2N2O3/c19-17(20)13-6-7-16(22-8-10-24-11-9-22)15(12-13)21-18(23)25-14-4-2-1-3-5-14/h1-7,12,17H,8-11H2,(H,21,23). The van der Waals surface area contributed by atoms with Gasteiger partial charge in [0.25, 0.3) is 6.43 Å². The van der Waals surface area contributed by atoms with Crippen LogP contribution < -0.4 is 15.0 Å². The minimum atomic E-state index is -2.62. The van der Waals surface area contributed by atoms with E-state index >= 15 is 0 Å². The second kappa shape index (κ2) is 7.94. The van der Waals surface area contributed by atoms with Gasteiger partial charge in [-0.3, -0.25) is 5.32 Å². The maximum absolute atomic E-state index is 13.0. The molecule has 1 fully saturated rings. The first-order valence-corrected chi connectivity index (χ1v) is 7.92. The van der Waals surface area contributed by atoms with Crippen molar-refractivity contribution in [1.29, 1.82) is 0 Å². The first kappa shape index (κ1) is 17.2. The topological polar surface area (TPSA) is 50.8 Å². The van der Waals surface area contributed by atoms with E-state index in [1.165, 1.54) is 12.1 Å². The third kappa shape index (κ3) is 4.45. The molecule has 5 nitrogen and oxygen atoms in total. The Morgan fingerprint density at radius 3 is 2.52 bits per heavy atom. The molecule has 1 heterocycles. The van der Waals surface area contributed by atoms with E-state index < -0.39 is 12.5 Å². The summed E-state index contributed by atoms with van der Waals surface area (Å²) >= 11 is 0. The zero-order valence-corrected chi connectivity index (χ0v) is 13.5. The van der Waals surface area contributed by atoms with Crippen LogP contribution in [0.15, 0.2) is 48.5 Å². The third-order valence-corrected chi connectivity index (χ3v) is 3.81. The summed E-state index contributed by atoms with van der Waals surface area (Å²) in [5.41, 5.74) is 0.797. The van der Waals surface area contributed by atoms with Gasteiger partial charge < -0.3 is 14.4 Å². The van der Waals surface area contributed by atoms with Gasteiger partial charge in [0.15, 0.2) is 0 Å². The zero-order chi connectivity index (χ0) is 17.6. The van der Waals surface area contributed by atoms with Crippen LogP contribution in [0.25, 0.3) is 0 Å². The third-order valence-electron chi connectivity index (χ3n) is 3.81. The quantitative estimate of drug-likeness (QED) is 0.905. The molecule has 2 aromatic rings. The van der Waals surface area contributed by atoms with Crippen LogP contribution in [0.4, 0.5) is 25.0 Å². The highest BCUT2D eigenvalue weighted by molar-refractivity contribution is 5.91. The van der Waals surface area contributed by atoms with Gasteiger partial charge in [-0.15, -0.1) is 0 Å². The van der Waals surface area contributed by atoms with Crippen molar-refractivity contribution in [2.24, 2.45) is 0 Å². The fraction of sp³-hybridized carbons (Fsp3) is 0.278. The van der Waals surface area contributed by atoms with Gasteiger partial charge in [0.2, 0.25) is 0 Å². The minimum Gasteiger partial charge on any atom is -0.410 e. The SMILES string of the molecule is O=C(Nc1cc(C(F)F)ccc1N1CCOCC1)Oc1ccccc1. The molecule has 132 valence electrons. The molecule has 0 aromatic heterocycles. The van der Waals surface area contributed by atoms with Gasteiger partial charge in [-0.1, -0.05) is 24.3 Å². The van der Waals surface area contributed by atoms with Crippen LogP contribution in [0, 0.1) is 0 Å². The van der Waals surface area contributed by atoms with E-state index in [1.54, 1.807) is 36.4 Å². The molecule has 7 heteroatoms. The molecule has 1 aliphatic rings. The van der Waals surface area contributed by atoms with E-state index in [-0.39, 0.29) is 5.56 Å². The van der Waals surface area contributed by atoms with Gasteiger partial charge in [-0.05, 0) is 24.3 Å². The van der Waals surface area contributed by atoms with E-state index in [2.05, 4.69) is 5.32 Å². The molecule has 2 aromatic carbocycles. The van der Waals surface area contributed by atoms with Gasteiger partial charge >= 0.3 is 6.09 Å². The van der Waals surface area contributed by atoms with Crippen molar-refractivity contribution < 1.29 is 23.0 Å². The highest BCUT2D eigenvalue weighted by Crippen LogP contribution is 2.31. The number of benzene rings is 2. The number of halogens is 2. The maximum Gasteiger partial charge on any atom is 0.417 e. The first-order valence-electron chi connectivity index (χ1n) is 7.92. The number of carbonyl (C=O) groups is 1. The van der Waals surface area contributed by atoms with Crippen molar-refractivity contribution in [3.63, 3.8) is 0 Å². The highest BCUT2D eigenvalue weighted by Gasteiger charge is 2.19. The van der Waals surface area contributed by atoms with E-state index in [0.717, 1.165) is 0 Å². The van der Waals surface area contributed by atoms with Crippen LogP contribution in [0.3, 0.4) is 0 Å². The normalized spacial score (nSPS) is 14.4. The Hall–Kier alpha value is -2.67. The predicted molar refractivity (Wildman–Crippen MR) is 90.5 cm³/mol. The van der Waals surface area contributed by atoms with E-state index in [4.69, 9.17) is 9.47 Å². The van der Waals surface area contributed by atoms with E-state index in [0.29, 0.717) is 43.4 Å². The second-order valence-electron chi connectivity index (χ2n) is 5.50. The number of carbonyl (C=O) groups excluding carboxylic acids is 1. The molecule has 25 heavy (non-hydrogen) atoms. The van der Waals surface area contributed by atoms with E-state index in [1.807, 2.05) is 4.90 Å². The average Bonchev–Trinajstić information content (AvgIpc) is 2.63. The van der Waals surface area contributed by atoms with Crippen LogP contribution in [0.1, 0.15) is 12.0 Å². The Kier molecular flexibility index (Phi) is 5.45. The summed E-state index contributed by atoms with van der Waals surface area (Å²) in [4.78, 5) is 14.1. The summed E-state index contributed by atoms with van der Waals surface area (Å²) in [6.07, 6.45) is -3.35. The molecular formula is C18H18F2N2O3. The summed E-state index contributed by atoms with van der Waals surface area (Å²) in [7, 11) is 0. The number of nitrogens with one attached hydrogen (secondary N) is 1. The number of ether oxygens (including phenoxy) is 2. The second-order valence-corrected chi connectivity index (χ2v) is 5.50. The number of alkyl halides is 2. The van der Waals surface area contributed by atoms with Gasteiger partial charge in [0.1, 0.15) is 5.75 Å². The first-order chi connectivity index (χ1) is 12.1. The molecule has 1 amide bonds. The minimum absolute atomic E-state index is 0.160. The lowest BCUT2D eigenvalue weighted by Gasteiger charge is -2.30. The molecule has 0 atom stereocenters. The smallest absolute Gasteiger partial charge is 0.410 e. The molecule has 0 bridgehead atoms. The number of morpholine rings is 1. The summed E-state index contributed by atoms with van der Waals surface area (Å²) in [5, 5.41) is 2.57. The Bertz CT molecular complexity index is 720. The molecule has 1 aliphatic heterocycles. The van der Waals surface area contributed by atoms with Crippen molar-refractivity contribution >= 4 is 17.5 Å². The molecule has 0 spiro atoms. The zero-order valence-electron chi connectivity index (χ0n) is 13.5. The van der Waals surface area contributed by atoms with Crippen molar-refractivity contribution in [1.82, 2.24) is 0 Å². The van der Waals surface area contributed by atoms with Gasteiger partial charge in [0, 0.05) is 18.7 Å².